The smallest absolute Gasteiger partial charge is 0.259 e. The van der Waals surface area contributed by atoms with E-state index in [9.17, 15) is 9.59 Å². The van der Waals surface area contributed by atoms with Crippen LogP contribution in [-0.2, 0) is 4.79 Å². The zero-order chi connectivity index (χ0) is 26.0. The molecule has 3 aromatic carbocycles. The average Bonchev–Trinajstić information content (AvgIpc) is 3.36. The van der Waals surface area contributed by atoms with Crippen molar-refractivity contribution >= 4 is 29.6 Å². The van der Waals surface area contributed by atoms with Crippen LogP contribution in [0.15, 0.2) is 90.2 Å². The molecule has 8 nitrogen and oxygen atoms in total. The first-order chi connectivity index (χ1) is 18.0. The maximum atomic E-state index is 12.3. The fraction of sp³-hybridized carbons (Fsp3) is 0.143. The molecule has 0 spiro atoms. The van der Waals surface area contributed by atoms with Gasteiger partial charge in [0, 0.05) is 17.3 Å². The van der Waals surface area contributed by atoms with Crippen molar-refractivity contribution in [2.24, 2.45) is 5.10 Å². The summed E-state index contributed by atoms with van der Waals surface area (Å²) in [5, 5.41) is 11.7. The van der Waals surface area contributed by atoms with Crippen molar-refractivity contribution in [2.75, 3.05) is 13.2 Å². The van der Waals surface area contributed by atoms with Gasteiger partial charge in [-0.2, -0.15) is 10.2 Å². The summed E-state index contributed by atoms with van der Waals surface area (Å²) in [7, 11) is 0. The first-order valence-electron chi connectivity index (χ1n) is 11.8. The predicted molar refractivity (Wildman–Crippen MR) is 144 cm³/mol. The van der Waals surface area contributed by atoms with E-state index in [1.165, 1.54) is 6.21 Å². The lowest BCUT2D eigenvalue weighted by Gasteiger charge is -2.06. The van der Waals surface area contributed by atoms with Gasteiger partial charge in [-0.15, -0.1) is 0 Å². The largest absolute Gasteiger partial charge is 0.494 e. The number of hydrazone groups is 1. The molecule has 0 atom stereocenters. The SMILES string of the molecule is CCCOc1ccc(-c2nn(-c3ccccc3)cc2/C=N/NC(=O)CNC(=O)c2ccccc2Cl)cc1. The van der Waals surface area contributed by atoms with E-state index in [0.717, 1.165) is 23.4 Å². The van der Waals surface area contributed by atoms with Crippen LogP contribution in [0.3, 0.4) is 0 Å². The Morgan fingerprint density at radius 3 is 2.49 bits per heavy atom. The number of hydrogen-bond acceptors (Lipinski definition) is 5. The van der Waals surface area contributed by atoms with Crippen molar-refractivity contribution < 1.29 is 14.3 Å². The number of amides is 2. The molecule has 0 radical (unpaired) electrons. The van der Waals surface area contributed by atoms with E-state index in [1.807, 2.05) is 60.8 Å². The van der Waals surface area contributed by atoms with Crippen molar-refractivity contribution in [2.45, 2.75) is 13.3 Å². The molecule has 1 heterocycles. The molecule has 0 saturated carbocycles. The Morgan fingerprint density at radius 2 is 1.76 bits per heavy atom. The Hall–Kier alpha value is -4.43. The normalized spacial score (nSPS) is 10.9. The van der Waals surface area contributed by atoms with Crippen molar-refractivity contribution in [1.82, 2.24) is 20.5 Å². The standard InChI is InChI=1S/C28H26ClN5O3/c1-2-16-37-23-14-12-20(13-15-23)27-21(19-34(33-27)22-8-4-3-5-9-22)17-31-32-26(35)18-30-28(36)24-10-6-7-11-25(24)29/h3-15,17,19H,2,16,18H2,1H3,(H,30,36)(H,32,35)/b31-17+. The van der Waals surface area contributed by atoms with Gasteiger partial charge in [-0.1, -0.05) is 48.9 Å². The number of nitrogens with one attached hydrogen (secondary N) is 2. The number of rotatable bonds is 10. The second-order valence-electron chi connectivity index (χ2n) is 8.04. The van der Waals surface area contributed by atoms with Gasteiger partial charge >= 0.3 is 0 Å². The fourth-order valence-electron chi connectivity index (χ4n) is 3.46. The third-order valence-corrected chi connectivity index (χ3v) is 5.61. The number of benzene rings is 3. The zero-order valence-corrected chi connectivity index (χ0v) is 21.0. The van der Waals surface area contributed by atoms with Gasteiger partial charge in [0.25, 0.3) is 11.8 Å². The van der Waals surface area contributed by atoms with Gasteiger partial charge in [0.2, 0.25) is 0 Å². The first kappa shape index (κ1) is 25.7. The van der Waals surface area contributed by atoms with Crippen molar-refractivity contribution in [1.29, 1.82) is 0 Å². The van der Waals surface area contributed by atoms with Gasteiger partial charge in [-0.05, 0) is 55.0 Å². The minimum Gasteiger partial charge on any atom is -0.494 e. The molecule has 4 rings (SSSR count). The fourth-order valence-corrected chi connectivity index (χ4v) is 3.68. The lowest BCUT2D eigenvalue weighted by Crippen LogP contribution is -2.35. The lowest BCUT2D eigenvalue weighted by molar-refractivity contribution is -0.120. The van der Waals surface area contributed by atoms with Gasteiger partial charge in [-0.25, -0.2) is 10.1 Å². The van der Waals surface area contributed by atoms with Crippen LogP contribution in [0, 0.1) is 0 Å². The van der Waals surface area contributed by atoms with E-state index in [0.29, 0.717) is 28.5 Å². The molecule has 188 valence electrons. The highest BCUT2D eigenvalue weighted by Gasteiger charge is 2.13. The predicted octanol–water partition coefficient (Wildman–Crippen LogP) is 4.86. The topological polar surface area (TPSA) is 97.6 Å². The Morgan fingerprint density at radius 1 is 1.03 bits per heavy atom. The molecule has 0 saturated heterocycles. The molecule has 0 aliphatic heterocycles. The van der Waals surface area contributed by atoms with Crippen molar-refractivity contribution in [3.05, 3.63) is 101 Å². The van der Waals surface area contributed by atoms with Crippen LogP contribution in [0.1, 0.15) is 29.3 Å². The number of hydrogen-bond donors (Lipinski definition) is 2. The maximum absolute atomic E-state index is 12.3. The summed E-state index contributed by atoms with van der Waals surface area (Å²) in [6.07, 6.45) is 4.29. The Bertz CT molecular complexity index is 1380. The second kappa shape index (κ2) is 12.5. The van der Waals surface area contributed by atoms with Crippen LogP contribution in [0.5, 0.6) is 5.75 Å². The second-order valence-corrected chi connectivity index (χ2v) is 8.45. The number of ether oxygens (including phenoxy) is 1. The zero-order valence-electron chi connectivity index (χ0n) is 20.2. The van der Waals surface area contributed by atoms with Crippen LogP contribution < -0.4 is 15.5 Å². The highest BCUT2D eigenvalue weighted by molar-refractivity contribution is 6.33. The van der Waals surface area contributed by atoms with Gasteiger partial charge in [-0.3, -0.25) is 9.59 Å². The van der Waals surface area contributed by atoms with Gasteiger partial charge in [0.1, 0.15) is 11.4 Å². The van der Waals surface area contributed by atoms with Crippen LogP contribution >= 0.6 is 11.6 Å². The van der Waals surface area contributed by atoms with Crippen molar-refractivity contribution in [3.8, 4) is 22.7 Å². The van der Waals surface area contributed by atoms with Crippen LogP contribution in [0.4, 0.5) is 0 Å². The number of carbonyl (C=O) groups is 2. The molecule has 0 unspecified atom stereocenters. The molecule has 2 N–H and O–H groups in total. The quantitative estimate of drug-likeness (QED) is 0.233. The molecule has 0 aliphatic rings. The highest BCUT2D eigenvalue weighted by Crippen LogP contribution is 2.25. The Kier molecular flexibility index (Phi) is 8.67. The van der Waals surface area contributed by atoms with E-state index in [4.69, 9.17) is 21.4 Å². The maximum Gasteiger partial charge on any atom is 0.259 e. The lowest BCUT2D eigenvalue weighted by atomic mass is 10.1. The molecule has 0 bridgehead atoms. The van der Waals surface area contributed by atoms with Crippen molar-refractivity contribution in [3.63, 3.8) is 0 Å². The third kappa shape index (κ3) is 6.83. The third-order valence-electron chi connectivity index (χ3n) is 5.28. The van der Waals surface area contributed by atoms with Gasteiger partial charge in [0.05, 0.1) is 35.6 Å². The van der Waals surface area contributed by atoms with Crippen LogP contribution in [0.25, 0.3) is 16.9 Å². The number of aromatic nitrogens is 2. The molecule has 1 aromatic heterocycles. The molecule has 37 heavy (non-hydrogen) atoms. The molecular formula is C28H26ClN5O3. The van der Waals surface area contributed by atoms with E-state index in [-0.39, 0.29) is 6.54 Å². The molecular weight excluding hydrogens is 490 g/mol. The Balaban J connectivity index is 1.47. The van der Waals surface area contributed by atoms with E-state index in [1.54, 1.807) is 28.9 Å². The number of carbonyl (C=O) groups excluding carboxylic acids is 2. The summed E-state index contributed by atoms with van der Waals surface area (Å²) in [6, 6.07) is 24.0. The van der Waals surface area contributed by atoms with Gasteiger partial charge in [0.15, 0.2) is 0 Å². The molecule has 0 aliphatic carbocycles. The van der Waals surface area contributed by atoms with E-state index in [2.05, 4.69) is 22.8 Å². The van der Waals surface area contributed by atoms with E-state index < -0.39 is 11.8 Å². The monoisotopic (exact) mass is 515 g/mol. The van der Waals surface area contributed by atoms with Crippen LogP contribution in [-0.4, -0.2) is 41.0 Å². The van der Waals surface area contributed by atoms with Gasteiger partial charge < -0.3 is 10.1 Å². The summed E-state index contributed by atoms with van der Waals surface area (Å²) < 4.78 is 7.43. The summed E-state index contributed by atoms with van der Waals surface area (Å²) in [5.74, 6) is -0.136. The summed E-state index contributed by atoms with van der Waals surface area (Å²) in [4.78, 5) is 24.5. The summed E-state index contributed by atoms with van der Waals surface area (Å²) in [6.45, 7) is 2.46. The average molecular weight is 516 g/mol. The number of para-hydroxylation sites is 1. The highest BCUT2D eigenvalue weighted by atomic mass is 35.5. The number of nitrogens with zero attached hydrogens (tertiary/aromatic N) is 3. The van der Waals surface area contributed by atoms with Crippen LogP contribution in [0.2, 0.25) is 5.02 Å². The summed E-state index contributed by atoms with van der Waals surface area (Å²) >= 11 is 6.03. The molecule has 9 heteroatoms. The minimum absolute atomic E-state index is 0.253. The number of halogens is 1. The van der Waals surface area contributed by atoms with E-state index >= 15 is 0 Å². The minimum atomic E-state index is -0.480. The first-order valence-corrected chi connectivity index (χ1v) is 12.2. The summed E-state index contributed by atoms with van der Waals surface area (Å²) in [5.41, 5.74) is 5.89. The Labute approximate surface area is 219 Å². The molecule has 0 fully saturated rings. The molecule has 2 amide bonds. The molecule has 4 aromatic rings.